The van der Waals surface area contributed by atoms with Crippen molar-refractivity contribution in [2.75, 3.05) is 0 Å². The highest BCUT2D eigenvalue weighted by atomic mass is 16.4. The summed E-state index contributed by atoms with van der Waals surface area (Å²) in [5.74, 6) is 0.899. The van der Waals surface area contributed by atoms with Crippen LogP contribution in [-0.2, 0) is 6.42 Å². The first-order valence-corrected chi connectivity index (χ1v) is 14.2. The highest BCUT2D eigenvalue weighted by molar-refractivity contribution is 6.59. The minimum atomic E-state index is -1.49. The van der Waals surface area contributed by atoms with E-state index in [4.69, 9.17) is 4.98 Å². The summed E-state index contributed by atoms with van der Waals surface area (Å²) in [6.07, 6.45) is 2.87. The monoisotopic (exact) mass is 516 g/mol. The molecule has 1 aliphatic heterocycles. The Hall–Kier alpha value is -3.41. The van der Waals surface area contributed by atoms with Crippen LogP contribution in [-0.4, -0.2) is 26.6 Å². The Morgan fingerprint density at radius 1 is 0.872 bits per heavy atom. The Morgan fingerprint density at radius 3 is 2.31 bits per heavy atom. The van der Waals surface area contributed by atoms with Gasteiger partial charge in [0.15, 0.2) is 0 Å². The molecule has 4 nitrogen and oxygen atoms in total. The third-order valence-electron chi connectivity index (χ3n) is 8.76. The Kier molecular flexibility index (Phi) is 6.40. The van der Waals surface area contributed by atoms with E-state index in [0.717, 1.165) is 23.2 Å². The van der Waals surface area contributed by atoms with Crippen molar-refractivity contribution in [2.24, 2.45) is 0 Å². The zero-order valence-corrected chi connectivity index (χ0v) is 23.7. The molecule has 2 aromatic heterocycles. The number of hydrogen-bond donors (Lipinski definition) is 2. The first-order chi connectivity index (χ1) is 18.7. The largest absolute Gasteiger partial charge is 0.489 e. The van der Waals surface area contributed by atoms with Gasteiger partial charge in [0.1, 0.15) is 5.65 Å². The number of pyridine rings is 1. The van der Waals surface area contributed by atoms with Gasteiger partial charge in [-0.15, -0.1) is 0 Å². The van der Waals surface area contributed by atoms with Crippen LogP contribution in [0, 0.1) is 0 Å². The van der Waals surface area contributed by atoms with E-state index in [-0.39, 0.29) is 17.8 Å². The Balaban J connectivity index is 1.55. The topological polar surface area (TPSA) is 57.8 Å². The summed E-state index contributed by atoms with van der Waals surface area (Å²) < 4.78 is 2.38. The molecule has 0 saturated heterocycles. The molecule has 0 aliphatic carbocycles. The molecule has 5 aromatic rings. The molecule has 39 heavy (non-hydrogen) atoms. The van der Waals surface area contributed by atoms with Crippen LogP contribution in [0.15, 0.2) is 66.9 Å². The third kappa shape index (κ3) is 4.02. The highest BCUT2D eigenvalue weighted by Gasteiger charge is 2.32. The van der Waals surface area contributed by atoms with Crippen LogP contribution < -0.4 is 5.46 Å². The molecule has 1 aliphatic rings. The fourth-order valence-corrected chi connectivity index (χ4v) is 6.89. The minimum absolute atomic E-state index is 0.116. The summed E-state index contributed by atoms with van der Waals surface area (Å²) in [5.41, 5.74) is 11.5. The molecular formula is C34H37BN2O2. The molecular weight excluding hydrogens is 479 g/mol. The number of benzene rings is 3. The van der Waals surface area contributed by atoms with Gasteiger partial charge in [-0.1, -0.05) is 96.1 Å². The second kappa shape index (κ2) is 9.65. The predicted octanol–water partition coefficient (Wildman–Crippen LogP) is 6.89. The van der Waals surface area contributed by atoms with Gasteiger partial charge in [0.25, 0.3) is 0 Å². The lowest BCUT2D eigenvalue weighted by molar-refractivity contribution is 0.424. The molecule has 0 fully saturated rings. The van der Waals surface area contributed by atoms with Crippen molar-refractivity contribution in [2.45, 2.75) is 71.6 Å². The SMILES string of the molecule is CC(C)c1cccc(C(C)Cc2ccc(C(C)C)c3c2C(C)c2cc4ccccc4c4ncc-3n24)c1B(O)O. The van der Waals surface area contributed by atoms with E-state index in [2.05, 4.69) is 107 Å². The summed E-state index contributed by atoms with van der Waals surface area (Å²) in [4.78, 5) is 4.96. The average Bonchev–Trinajstić information content (AvgIpc) is 3.36. The molecule has 0 bridgehead atoms. The summed E-state index contributed by atoms with van der Waals surface area (Å²) in [7, 11) is -1.49. The van der Waals surface area contributed by atoms with Gasteiger partial charge in [-0.25, -0.2) is 4.98 Å². The Bertz CT molecular complexity index is 1720. The molecule has 3 heterocycles. The van der Waals surface area contributed by atoms with Crippen LogP contribution in [0.3, 0.4) is 0 Å². The summed E-state index contributed by atoms with van der Waals surface area (Å²) >= 11 is 0. The van der Waals surface area contributed by atoms with E-state index in [1.165, 1.54) is 44.4 Å². The smallest absolute Gasteiger partial charge is 0.423 e. The maximum absolute atomic E-state index is 10.4. The molecule has 198 valence electrons. The van der Waals surface area contributed by atoms with Crippen LogP contribution in [0.25, 0.3) is 27.7 Å². The Morgan fingerprint density at radius 2 is 1.59 bits per heavy atom. The lowest BCUT2D eigenvalue weighted by Gasteiger charge is -2.31. The maximum Gasteiger partial charge on any atom is 0.489 e. The van der Waals surface area contributed by atoms with Gasteiger partial charge in [-0.3, -0.25) is 4.40 Å². The fraction of sp³-hybridized carbons (Fsp3) is 0.324. The molecule has 3 aromatic carbocycles. The van der Waals surface area contributed by atoms with Crippen LogP contribution in [0.1, 0.15) is 98.7 Å². The van der Waals surface area contributed by atoms with Gasteiger partial charge in [0, 0.05) is 22.6 Å². The first kappa shape index (κ1) is 25.9. The molecule has 2 unspecified atom stereocenters. The molecule has 0 spiro atoms. The lowest BCUT2D eigenvalue weighted by atomic mass is 9.68. The van der Waals surface area contributed by atoms with Gasteiger partial charge in [-0.05, 0) is 68.9 Å². The molecule has 0 radical (unpaired) electrons. The second-order valence-corrected chi connectivity index (χ2v) is 11.9. The number of imidazole rings is 1. The van der Waals surface area contributed by atoms with E-state index in [9.17, 15) is 10.0 Å². The Labute approximate surface area is 231 Å². The van der Waals surface area contributed by atoms with E-state index in [1.807, 2.05) is 6.07 Å². The lowest BCUT2D eigenvalue weighted by Crippen LogP contribution is -2.37. The summed E-state index contributed by atoms with van der Waals surface area (Å²) in [6, 6.07) is 21.6. The highest BCUT2D eigenvalue weighted by Crippen LogP contribution is 2.47. The van der Waals surface area contributed by atoms with Crippen molar-refractivity contribution >= 4 is 29.0 Å². The number of aromatic nitrogens is 2. The molecule has 0 amide bonds. The van der Waals surface area contributed by atoms with E-state index in [1.54, 1.807) is 0 Å². The molecule has 0 saturated carbocycles. The number of rotatable bonds is 6. The van der Waals surface area contributed by atoms with Crippen molar-refractivity contribution in [3.63, 3.8) is 0 Å². The van der Waals surface area contributed by atoms with Crippen molar-refractivity contribution in [1.29, 1.82) is 0 Å². The van der Waals surface area contributed by atoms with Gasteiger partial charge in [0.2, 0.25) is 0 Å². The summed E-state index contributed by atoms with van der Waals surface area (Å²) in [6.45, 7) is 13.3. The molecule has 6 rings (SSSR count). The zero-order chi connectivity index (χ0) is 27.6. The molecule has 2 atom stereocenters. The van der Waals surface area contributed by atoms with Gasteiger partial charge >= 0.3 is 7.12 Å². The van der Waals surface area contributed by atoms with Crippen molar-refractivity contribution < 1.29 is 10.0 Å². The maximum atomic E-state index is 10.4. The second-order valence-electron chi connectivity index (χ2n) is 11.9. The minimum Gasteiger partial charge on any atom is -0.423 e. The zero-order valence-electron chi connectivity index (χ0n) is 23.7. The van der Waals surface area contributed by atoms with Crippen LogP contribution in [0.5, 0.6) is 0 Å². The molecule has 2 N–H and O–H groups in total. The van der Waals surface area contributed by atoms with Gasteiger partial charge < -0.3 is 10.0 Å². The quantitative estimate of drug-likeness (QED) is 0.242. The van der Waals surface area contributed by atoms with Crippen LogP contribution in [0.2, 0.25) is 0 Å². The first-order valence-electron chi connectivity index (χ1n) is 14.2. The van der Waals surface area contributed by atoms with Crippen LogP contribution >= 0.6 is 0 Å². The normalized spacial score (nSPS) is 15.4. The van der Waals surface area contributed by atoms with Gasteiger partial charge in [-0.2, -0.15) is 0 Å². The number of fused-ring (bicyclic) bond motifs is 4. The third-order valence-corrected chi connectivity index (χ3v) is 8.76. The van der Waals surface area contributed by atoms with Crippen molar-refractivity contribution in [3.05, 3.63) is 100 Å². The predicted molar refractivity (Wildman–Crippen MR) is 162 cm³/mol. The van der Waals surface area contributed by atoms with Crippen molar-refractivity contribution in [3.8, 4) is 11.3 Å². The van der Waals surface area contributed by atoms with Crippen LogP contribution in [0.4, 0.5) is 0 Å². The van der Waals surface area contributed by atoms with Gasteiger partial charge in [0.05, 0.1) is 11.9 Å². The standard InChI is InChI=1S/C34H37BN2O2/c1-19(2)25-15-14-24(16-21(5)27-13-9-12-26(20(3)4)33(27)35(38)39)31-22(6)29-17-23-10-7-8-11-28(23)34-36-18-30(32(25)31)37(29)34/h7-15,17-22,38-39H,16H2,1-6H3. The van der Waals surface area contributed by atoms with E-state index < -0.39 is 7.12 Å². The molecule has 5 heteroatoms. The average molecular weight is 516 g/mol. The number of hydrogen-bond acceptors (Lipinski definition) is 3. The van der Waals surface area contributed by atoms with Crippen molar-refractivity contribution in [1.82, 2.24) is 9.38 Å². The van der Waals surface area contributed by atoms with E-state index >= 15 is 0 Å². The van der Waals surface area contributed by atoms with E-state index in [0.29, 0.717) is 11.4 Å². The summed E-state index contributed by atoms with van der Waals surface area (Å²) in [5, 5.41) is 23.2. The fourth-order valence-electron chi connectivity index (χ4n) is 6.89. The number of nitrogens with zero attached hydrogens (tertiary/aromatic N) is 2.